The molecular formula is C15H12BrClO4. The van der Waals surface area contributed by atoms with Crippen molar-refractivity contribution in [3.05, 3.63) is 57.0 Å². The molecule has 0 spiro atoms. The molecule has 4 nitrogen and oxygen atoms in total. The van der Waals surface area contributed by atoms with E-state index in [1.54, 1.807) is 0 Å². The van der Waals surface area contributed by atoms with Crippen LogP contribution in [0.4, 0.5) is 0 Å². The van der Waals surface area contributed by atoms with Gasteiger partial charge in [0, 0.05) is 15.6 Å². The van der Waals surface area contributed by atoms with Gasteiger partial charge < -0.3 is 14.6 Å². The lowest BCUT2D eigenvalue weighted by atomic mass is 10.2. The van der Waals surface area contributed by atoms with Gasteiger partial charge in [0.15, 0.2) is 11.5 Å². The lowest BCUT2D eigenvalue weighted by Gasteiger charge is -2.14. The molecule has 2 aromatic rings. The number of benzene rings is 2. The molecule has 0 saturated carbocycles. The van der Waals surface area contributed by atoms with Crippen molar-refractivity contribution < 1.29 is 19.4 Å². The Morgan fingerprint density at radius 2 is 1.95 bits per heavy atom. The van der Waals surface area contributed by atoms with Crippen LogP contribution in [0, 0.1) is 0 Å². The summed E-state index contributed by atoms with van der Waals surface area (Å²) in [5, 5.41) is 9.52. The highest BCUT2D eigenvalue weighted by Crippen LogP contribution is 2.35. The summed E-state index contributed by atoms with van der Waals surface area (Å²) in [5.41, 5.74) is 0.878. The average Bonchev–Trinajstić information content (AvgIpc) is 2.46. The molecule has 0 aliphatic heterocycles. The first-order valence-electron chi connectivity index (χ1n) is 5.99. The molecule has 0 fully saturated rings. The third kappa shape index (κ3) is 3.89. The minimum atomic E-state index is -1.12. The van der Waals surface area contributed by atoms with E-state index < -0.39 is 5.97 Å². The fourth-order valence-electron chi connectivity index (χ4n) is 1.76. The van der Waals surface area contributed by atoms with Gasteiger partial charge in [-0.2, -0.15) is 0 Å². The fraction of sp³-hybridized carbons (Fsp3) is 0.133. The number of methoxy groups -OCH3 is 1. The summed E-state index contributed by atoms with van der Waals surface area (Å²) in [6, 6.07) is 10.4. The Labute approximate surface area is 135 Å². The largest absolute Gasteiger partial charge is 0.493 e. The molecule has 1 N–H and O–H groups in total. The zero-order valence-corrected chi connectivity index (χ0v) is 13.4. The number of carboxylic acid groups (broad SMARTS) is 1. The lowest BCUT2D eigenvalue weighted by molar-refractivity contribution is 0.0691. The van der Waals surface area contributed by atoms with E-state index in [1.807, 2.05) is 24.3 Å². The molecule has 0 amide bonds. The molecule has 21 heavy (non-hydrogen) atoms. The molecule has 0 aliphatic rings. The van der Waals surface area contributed by atoms with Gasteiger partial charge in [-0.05, 0) is 23.8 Å². The van der Waals surface area contributed by atoms with E-state index >= 15 is 0 Å². The molecule has 2 rings (SSSR count). The number of carbonyl (C=O) groups is 1. The molecule has 0 unspecified atom stereocenters. The summed E-state index contributed by atoms with van der Waals surface area (Å²) in [5.74, 6) is -0.670. The average molecular weight is 372 g/mol. The third-order valence-electron chi connectivity index (χ3n) is 2.77. The van der Waals surface area contributed by atoms with Gasteiger partial charge in [-0.15, -0.1) is 0 Å². The van der Waals surface area contributed by atoms with Crippen LogP contribution in [-0.4, -0.2) is 18.2 Å². The maximum Gasteiger partial charge on any atom is 0.339 e. The molecule has 6 heteroatoms. The van der Waals surface area contributed by atoms with Gasteiger partial charge in [0.2, 0.25) is 0 Å². The van der Waals surface area contributed by atoms with Gasteiger partial charge in [0.25, 0.3) is 0 Å². The Balaban J connectivity index is 2.29. The summed E-state index contributed by atoms with van der Waals surface area (Å²) in [4.78, 5) is 11.3. The predicted molar refractivity (Wildman–Crippen MR) is 83.4 cm³/mol. The second-order valence-electron chi connectivity index (χ2n) is 4.21. The van der Waals surface area contributed by atoms with Gasteiger partial charge in [0.1, 0.15) is 12.2 Å². The van der Waals surface area contributed by atoms with Gasteiger partial charge in [-0.3, -0.25) is 0 Å². The summed E-state index contributed by atoms with van der Waals surface area (Å²) in [7, 11) is 1.43. The van der Waals surface area contributed by atoms with E-state index in [1.165, 1.54) is 19.2 Å². The number of hydrogen-bond acceptors (Lipinski definition) is 3. The first kappa shape index (κ1) is 15.7. The van der Waals surface area contributed by atoms with Crippen molar-refractivity contribution in [2.75, 3.05) is 7.11 Å². The molecule has 0 aromatic heterocycles. The van der Waals surface area contributed by atoms with Gasteiger partial charge in [-0.25, -0.2) is 4.79 Å². The van der Waals surface area contributed by atoms with Crippen LogP contribution in [0.25, 0.3) is 0 Å². The van der Waals surface area contributed by atoms with Crippen LogP contribution in [0.1, 0.15) is 15.9 Å². The molecule has 0 radical (unpaired) electrons. The molecule has 0 heterocycles. The quantitative estimate of drug-likeness (QED) is 0.847. The molecule has 0 bridgehead atoms. The second-order valence-corrected chi connectivity index (χ2v) is 5.56. The Bertz CT molecular complexity index is 655. The van der Waals surface area contributed by atoms with Crippen molar-refractivity contribution in [1.29, 1.82) is 0 Å². The van der Waals surface area contributed by atoms with E-state index in [2.05, 4.69) is 15.9 Å². The number of carboxylic acids is 1. The number of hydrogen-bond donors (Lipinski definition) is 1. The lowest BCUT2D eigenvalue weighted by Crippen LogP contribution is -2.05. The van der Waals surface area contributed by atoms with E-state index in [0.717, 1.165) is 10.0 Å². The highest BCUT2D eigenvalue weighted by Gasteiger charge is 2.18. The Hall–Kier alpha value is -1.72. The van der Waals surface area contributed by atoms with Crippen molar-refractivity contribution in [3.8, 4) is 11.5 Å². The Morgan fingerprint density at radius 3 is 2.52 bits per heavy atom. The van der Waals surface area contributed by atoms with Crippen molar-refractivity contribution in [3.63, 3.8) is 0 Å². The topological polar surface area (TPSA) is 55.8 Å². The Morgan fingerprint density at radius 1 is 1.29 bits per heavy atom. The van der Waals surface area contributed by atoms with Crippen LogP contribution >= 0.6 is 27.5 Å². The minimum Gasteiger partial charge on any atom is -0.493 e. The van der Waals surface area contributed by atoms with Crippen molar-refractivity contribution in [2.45, 2.75) is 6.61 Å². The van der Waals surface area contributed by atoms with Gasteiger partial charge >= 0.3 is 5.97 Å². The molecule has 0 aliphatic carbocycles. The van der Waals surface area contributed by atoms with Crippen LogP contribution in [-0.2, 0) is 6.61 Å². The minimum absolute atomic E-state index is 0.0311. The second kappa shape index (κ2) is 6.83. The SMILES string of the molecule is COc1cc(Cl)cc(C(=O)O)c1OCc1ccc(Br)cc1. The molecule has 2 aromatic carbocycles. The summed E-state index contributed by atoms with van der Waals surface area (Å²) >= 11 is 9.23. The fourth-order valence-corrected chi connectivity index (χ4v) is 2.24. The first-order valence-corrected chi connectivity index (χ1v) is 7.16. The van der Waals surface area contributed by atoms with E-state index in [0.29, 0.717) is 0 Å². The standard InChI is InChI=1S/C15H12BrClO4/c1-20-13-7-11(17)6-12(15(18)19)14(13)21-8-9-2-4-10(16)5-3-9/h2-7H,8H2,1H3,(H,18,19). The molecule has 110 valence electrons. The number of aromatic carboxylic acids is 1. The van der Waals surface area contributed by atoms with Gasteiger partial charge in [0.05, 0.1) is 7.11 Å². The van der Waals surface area contributed by atoms with E-state index in [4.69, 9.17) is 21.1 Å². The molecular weight excluding hydrogens is 360 g/mol. The maximum atomic E-state index is 11.3. The number of ether oxygens (including phenoxy) is 2. The zero-order chi connectivity index (χ0) is 15.4. The van der Waals surface area contributed by atoms with Crippen molar-refractivity contribution in [1.82, 2.24) is 0 Å². The number of halogens is 2. The smallest absolute Gasteiger partial charge is 0.339 e. The summed E-state index contributed by atoms with van der Waals surface area (Å²) in [6.45, 7) is 0.228. The van der Waals surface area contributed by atoms with Crippen LogP contribution in [0.5, 0.6) is 11.5 Å². The van der Waals surface area contributed by atoms with Crippen LogP contribution in [0.15, 0.2) is 40.9 Å². The summed E-state index contributed by atoms with van der Waals surface area (Å²) < 4.78 is 11.7. The van der Waals surface area contributed by atoms with Crippen LogP contribution in [0.3, 0.4) is 0 Å². The highest BCUT2D eigenvalue weighted by atomic mass is 79.9. The molecule has 0 atom stereocenters. The van der Waals surface area contributed by atoms with Crippen molar-refractivity contribution in [2.24, 2.45) is 0 Å². The summed E-state index contributed by atoms with van der Waals surface area (Å²) in [6.07, 6.45) is 0. The highest BCUT2D eigenvalue weighted by molar-refractivity contribution is 9.10. The van der Waals surface area contributed by atoms with Crippen LogP contribution < -0.4 is 9.47 Å². The van der Waals surface area contributed by atoms with Gasteiger partial charge in [-0.1, -0.05) is 39.7 Å². The monoisotopic (exact) mass is 370 g/mol. The van der Waals surface area contributed by atoms with E-state index in [-0.39, 0.29) is 28.7 Å². The van der Waals surface area contributed by atoms with E-state index in [9.17, 15) is 9.90 Å². The predicted octanol–water partition coefficient (Wildman–Crippen LogP) is 4.39. The normalized spacial score (nSPS) is 10.2. The third-order valence-corrected chi connectivity index (χ3v) is 3.51. The Kier molecular flexibility index (Phi) is 5.09. The maximum absolute atomic E-state index is 11.3. The van der Waals surface area contributed by atoms with Crippen molar-refractivity contribution >= 4 is 33.5 Å². The first-order chi connectivity index (χ1) is 10.0. The number of rotatable bonds is 5. The van der Waals surface area contributed by atoms with Crippen LogP contribution in [0.2, 0.25) is 5.02 Å². The molecule has 0 saturated heterocycles. The zero-order valence-electron chi connectivity index (χ0n) is 11.1.